The Morgan fingerprint density at radius 3 is 2.72 bits per heavy atom. The zero-order chi connectivity index (χ0) is 17.6. The Morgan fingerprint density at radius 2 is 1.96 bits per heavy atom. The number of hydrogen-bond acceptors (Lipinski definition) is 4. The van der Waals surface area contributed by atoms with Gasteiger partial charge >= 0.3 is 0 Å². The van der Waals surface area contributed by atoms with Gasteiger partial charge in [-0.05, 0) is 36.4 Å². The van der Waals surface area contributed by atoms with Crippen LogP contribution in [0.5, 0.6) is 5.75 Å². The molecule has 0 radical (unpaired) electrons. The topological polar surface area (TPSA) is 51.2 Å². The summed E-state index contributed by atoms with van der Waals surface area (Å²) in [5.74, 6) is 0.263. The molecule has 25 heavy (non-hydrogen) atoms. The zero-order valence-corrected chi connectivity index (χ0v) is 14.5. The van der Waals surface area contributed by atoms with Gasteiger partial charge in [-0.3, -0.25) is 4.79 Å². The number of aromatic nitrogens is 1. The van der Waals surface area contributed by atoms with Gasteiger partial charge in [0, 0.05) is 23.8 Å². The highest BCUT2D eigenvalue weighted by Crippen LogP contribution is 2.25. The number of methoxy groups -OCH3 is 1. The van der Waals surface area contributed by atoms with Crippen LogP contribution in [0.25, 0.3) is 11.3 Å². The third-order valence-corrected chi connectivity index (χ3v) is 4.55. The zero-order valence-electron chi connectivity index (χ0n) is 13.7. The molecule has 128 valence electrons. The Bertz CT molecular complexity index is 862. The van der Waals surface area contributed by atoms with Crippen LogP contribution < -0.4 is 10.1 Å². The first-order valence-corrected chi connectivity index (χ1v) is 8.67. The van der Waals surface area contributed by atoms with E-state index in [-0.39, 0.29) is 11.7 Å². The van der Waals surface area contributed by atoms with Crippen molar-refractivity contribution in [2.75, 3.05) is 12.4 Å². The number of halogens is 1. The van der Waals surface area contributed by atoms with Crippen molar-refractivity contribution < 1.29 is 13.9 Å². The number of carbonyl (C=O) groups excluding carboxylic acids is 1. The lowest BCUT2D eigenvalue weighted by Crippen LogP contribution is -2.13. The molecule has 1 N–H and O–H groups in total. The highest BCUT2D eigenvalue weighted by Gasteiger charge is 2.10. The molecule has 0 saturated heterocycles. The smallest absolute Gasteiger partial charge is 0.224 e. The number of aryl methyl sites for hydroxylation is 1. The molecule has 0 fully saturated rings. The quantitative estimate of drug-likeness (QED) is 0.706. The number of carbonyl (C=O) groups is 1. The van der Waals surface area contributed by atoms with Gasteiger partial charge in [0.25, 0.3) is 0 Å². The van der Waals surface area contributed by atoms with E-state index < -0.39 is 0 Å². The predicted octanol–water partition coefficient (Wildman–Crippen LogP) is 4.53. The number of amides is 1. The summed E-state index contributed by atoms with van der Waals surface area (Å²) >= 11 is 1.49. The molecular formula is C19H17FN2O2S. The van der Waals surface area contributed by atoms with Crippen LogP contribution in [-0.4, -0.2) is 18.0 Å². The summed E-state index contributed by atoms with van der Waals surface area (Å²) in [6.45, 7) is 0. The average molecular weight is 356 g/mol. The number of anilines is 1. The first-order chi connectivity index (χ1) is 12.2. The standard InChI is InChI=1S/C19H17FN2O2S/c1-24-17-5-3-2-4-15(17)21-18(23)10-11-19-22-16(12-25-19)13-6-8-14(20)9-7-13/h2-9,12H,10-11H2,1H3,(H,21,23). The van der Waals surface area contributed by atoms with E-state index in [4.69, 9.17) is 4.74 Å². The van der Waals surface area contributed by atoms with E-state index in [1.54, 1.807) is 31.4 Å². The predicted molar refractivity (Wildman–Crippen MR) is 97.5 cm³/mol. The molecule has 3 aromatic rings. The Kier molecular flexibility index (Phi) is 5.40. The highest BCUT2D eigenvalue weighted by atomic mass is 32.1. The Labute approximate surface area is 149 Å². The molecule has 0 aliphatic heterocycles. The summed E-state index contributed by atoms with van der Waals surface area (Å²) in [6.07, 6.45) is 0.876. The fourth-order valence-corrected chi connectivity index (χ4v) is 3.17. The van der Waals surface area contributed by atoms with Crippen molar-refractivity contribution in [2.45, 2.75) is 12.8 Å². The Morgan fingerprint density at radius 1 is 1.20 bits per heavy atom. The Balaban J connectivity index is 1.58. The first kappa shape index (κ1) is 17.1. The summed E-state index contributed by atoms with van der Waals surface area (Å²) in [4.78, 5) is 16.7. The minimum absolute atomic E-state index is 0.0944. The lowest BCUT2D eigenvalue weighted by molar-refractivity contribution is -0.116. The van der Waals surface area contributed by atoms with Crippen molar-refractivity contribution in [3.63, 3.8) is 0 Å². The van der Waals surface area contributed by atoms with Gasteiger partial charge in [-0.1, -0.05) is 12.1 Å². The molecular weight excluding hydrogens is 339 g/mol. The van der Waals surface area contributed by atoms with Crippen molar-refractivity contribution >= 4 is 22.9 Å². The van der Waals surface area contributed by atoms with Gasteiger partial charge in [-0.25, -0.2) is 9.37 Å². The second-order valence-corrected chi connectivity index (χ2v) is 6.32. The van der Waals surface area contributed by atoms with Crippen LogP contribution in [0.1, 0.15) is 11.4 Å². The normalized spacial score (nSPS) is 10.5. The lowest BCUT2D eigenvalue weighted by atomic mass is 10.2. The number of thiazole rings is 1. The van der Waals surface area contributed by atoms with Crippen LogP contribution >= 0.6 is 11.3 Å². The summed E-state index contributed by atoms with van der Waals surface area (Å²) in [5, 5.41) is 5.63. The molecule has 1 aromatic heterocycles. The second-order valence-electron chi connectivity index (χ2n) is 5.38. The minimum atomic E-state index is -0.271. The van der Waals surface area contributed by atoms with Crippen molar-refractivity contribution in [3.05, 3.63) is 64.7 Å². The number of hydrogen-bond donors (Lipinski definition) is 1. The van der Waals surface area contributed by atoms with Crippen LogP contribution in [0.2, 0.25) is 0 Å². The second kappa shape index (κ2) is 7.90. The number of benzene rings is 2. The first-order valence-electron chi connectivity index (χ1n) is 7.79. The maximum atomic E-state index is 13.0. The van der Waals surface area contributed by atoms with E-state index in [0.717, 1.165) is 16.3 Å². The van der Waals surface area contributed by atoms with Gasteiger partial charge in [0.1, 0.15) is 11.6 Å². The third-order valence-electron chi connectivity index (χ3n) is 3.64. The van der Waals surface area contributed by atoms with Crippen LogP contribution in [0.15, 0.2) is 53.9 Å². The fraction of sp³-hybridized carbons (Fsp3) is 0.158. The number of nitrogens with one attached hydrogen (secondary N) is 1. The van der Waals surface area contributed by atoms with Crippen molar-refractivity contribution in [1.82, 2.24) is 4.98 Å². The van der Waals surface area contributed by atoms with Gasteiger partial charge in [0.2, 0.25) is 5.91 Å². The minimum Gasteiger partial charge on any atom is -0.495 e. The molecule has 0 spiro atoms. The molecule has 0 saturated carbocycles. The van der Waals surface area contributed by atoms with Crippen molar-refractivity contribution in [2.24, 2.45) is 0 Å². The largest absolute Gasteiger partial charge is 0.495 e. The SMILES string of the molecule is COc1ccccc1NC(=O)CCc1nc(-c2ccc(F)cc2)cs1. The summed E-state index contributed by atoms with van der Waals surface area (Å²) in [7, 11) is 1.57. The molecule has 1 amide bonds. The van der Waals surface area contributed by atoms with Gasteiger partial charge in [-0.15, -0.1) is 11.3 Å². The number of ether oxygens (including phenoxy) is 1. The van der Waals surface area contributed by atoms with E-state index in [0.29, 0.717) is 24.3 Å². The molecule has 4 nitrogen and oxygen atoms in total. The van der Waals surface area contributed by atoms with E-state index in [9.17, 15) is 9.18 Å². The molecule has 2 aromatic carbocycles. The Hall–Kier alpha value is -2.73. The number of rotatable bonds is 6. The fourth-order valence-electron chi connectivity index (χ4n) is 2.36. The lowest BCUT2D eigenvalue weighted by Gasteiger charge is -2.09. The summed E-state index contributed by atoms with van der Waals surface area (Å²) < 4.78 is 18.2. The summed E-state index contributed by atoms with van der Waals surface area (Å²) in [6, 6.07) is 13.5. The summed E-state index contributed by atoms with van der Waals surface area (Å²) in [5.41, 5.74) is 2.31. The van der Waals surface area contributed by atoms with E-state index >= 15 is 0 Å². The van der Waals surface area contributed by atoms with E-state index in [2.05, 4.69) is 10.3 Å². The molecule has 0 bridgehead atoms. The van der Waals surface area contributed by atoms with Crippen LogP contribution in [0, 0.1) is 5.82 Å². The monoisotopic (exact) mass is 356 g/mol. The average Bonchev–Trinajstić information content (AvgIpc) is 3.10. The molecule has 0 atom stereocenters. The number of nitrogens with zero attached hydrogens (tertiary/aromatic N) is 1. The van der Waals surface area contributed by atoms with Crippen molar-refractivity contribution in [1.29, 1.82) is 0 Å². The van der Waals surface area contributed by atoms with Gasteiger partial charge in [0.05, 0.1) is 23.5 Å². The maximum absolute atomic E-state index is 13.0. The molecule has 0 aliphatic carbocycles. The molecule has 0 aliphatic rings. The van der Waals surface area contributed by atoms with Crippen LogP contribution in [-0.2, 0) is 11.2 Å². The molecule has 3 rings (SSSR count). The van der Waals surface area contributed by atoms with E-state index in [1.807, 2.05) is 17.5 Å². The molecule has 0 unspecified atom stereocenters. The third kappa shape index (κ3) is 4.42. The molecule has 1 heterocycles. The van der Waals surface area contributed by atoms with Gasteiger partial charge < -0.3 is 10.1 Å². The van der Waals surface area contributed by atoms with Gasteiger partial charge in [0.15, 0.2) is 0 Å². The van der Waals surface area contributed by atoms with Crippen molar-refractivity contribution in [3.8, 4) is 17.0 Å². The number of para-hydroxylation sites is 2. The highest BCUT2D eigenvalue weighted by molar-refractivity contribution is 7.09. The van der Waals surface area contributed by atoms with Gasteiger partial charge in [-0.2, -0.15) is 0 Å². The van der Waals surface area contributed by atoms with Crippen LogP contribution in [0.4, 0.5) is 10.1 Å². The van der Waals surface area contributed by atoms with E-state index in [1.165, 1.54) is 23.5 Å². The molecule has 6 heteroatoms. The van der Waals surface area contributed by atoms with Crippen LogP contribution in [0.3, 0.4) is 0 Å². The maximum Gasteiger partial charge on any atom is 0.224 e.